The molecule has 2 amide bonds. The molecular weight excluding hydrogens is 624 g/mol. The molecule has 13 heteroatoms. The number of nitrogens with zero attached hydrogens (tertiary/aromatic N) is 3. The molecule has 1 aliphatic heterocycles. The van der Waals surface area contributed by atoms with Crippen LogP contribution in [0.3, 0.4) is 0 Å². The molecule has 2 heterocycles. The van der Waals surface area contributed by atoms with Crippen LogP contribution in [0.4, 0.5) is 30.6 Å². The van der Waals surface area contributed by atoms with E-state index in [-0.39, 0.29) is 6.10 Å². The van der Waals surface area contributed by atoms with Gasteiger partial charge in [-0.1, -0.05) is 6.07 Å². The van der Waals surface area contributed by atoms with E-state index in [4.69, 9.17) is 23.7 Å². The van der Waals surface area contributed by atoms with E-state index >= 15 is 0 Å². The SMILES string of the molecule is COCCOc1cc2ncc(C#N)c(Nc3ccc(OC4CCN(C(=O)Nc5c(F)cccc5F)CC4)c(C)c3)c2cc1OCCOC. The number of halogens is 2. The Morgan fingerprint density at radius 1 is 0.938 bits per heavy atom. The first-order valence-electron chi connectivity index (χ1n) is 15.5. The Bertz CT molecular complexity index is 1770. The van der Waals surface area contributed by atoms with Gasteiger partial charge in [0.15, 0.2) is 11.5 Å². The molecule has 0 bridgehead atoms. The van der Waals surface area contributed by atoms with E-state index in [1.165, 1.54) is 17.2 Å². The second-order valence-electron chi connectivity index (χ2n) is 11.1. The third kappa shape index (κ3) is 8.20. The number of fused-ring (bicyclic) bond motifs is 1. The van der Waals surface area contributed by atoms with Gasteiger partial charge >= 0.3 is 6.03 Å². The summed E-state index contributed by atoms with van der Waals surface area (Å²) in [6, 6.07) is 14.3. The fraction of sp³-hybridized carbons (Fsp3) is 0.343. The van der Waals surface area contributed by atoms with Crippen molar-refractivity contribution in [3.8, 4) is 23.3 Å². The van der Waals surface area contributed by atoms with Gasteiger partial charge in [0, 0.05) is 63.5 Å². The number of aromatic nitrogens is 1. The summed E-state index contributed by atoms with van der Waals surface area (Å²) < 4.78 is 56.3. The summed E-state index contributed by atoms with van der Waals surface area (Å²) in [5.74, 6) is 0.0129. The third-order valence-corrected chi connectivity index (χ3v) is 7.81. The van der Waals surface area contributed by atoms with Crippen LogP contribution in [0.5, 0.6) is 17.2 Å². The number of aryl methyl sites for hydroxylation is 1. The molecule has 0 radical (unpaired) electrons. The van der Waals surface area contributed by atoms with Crippen LogP contribution >= 0.6 is 0 Å². The third-order valence-electron chi connectivity index (χ3n) is 7.81. The van der Waals surface area contributed by atoms with Gasteiger partial charge in [0.2, 0.25) is 0 Å². The van der Waals surface area contributed by atoms with Crippen LogP contribution in [-0.2, 0) is 9.47 Å². The number of para-hydroxylation sites is 1. The number of benzene rings is 3. The second kappa shape index (κ2) is 16.1. The van der Waals surface area contributed by atoms with Crippen molar-refractivity contribution in [3.63, 3.8) is 0 Å². The van der Waals surface area contributed by atoms with Crippen LogP contribution in [0.2, 0.25) is 0 Å². The summed E-state index contributed by atoms with van der Waals surface area (Å²) >= 11 is 0. The normalized spacial score (nSPS) is 13.2. The van der Waals surface area contributed by atoms with E-state index in [1.807, 2.05) is 25.1 Å². The fourth-order valence-electron chi connectivity index (χ4n) is 5.28. The van der Waals surface area contributed by atoms with Crippen LogP contribution in [0.1, 0.15) is 24.0 Å². The first-order chi connectivity index (χ1) is 23.3. The lowest BCUT2D eigenvalue weighted by Crippen LogP contribution is -2.44. The van der Waals surface area contributed by atoms with Gasteiger partial charge in [-0.25, -0.2) is 13.6 Å². The number of hydrogen-bond acceptors (Lipinski definition) is 9. The number of likely N-dealkylation sites (tertiary alicyclic amines) is 1. The molecule has 0 aliphatic carbocycles. The van der Waals surface area contributed by atoms with Gasteiger partial charge in [-0.05, 0) is 48.9 Å². The average molecular weight is 662 g/mol. The minimum atomic E-state index is -0.829. The van der Waals surface area contributed by atoms with Gasteiger partial charge in [-0.15, -0.1) is 0 Å². The summed E-state index contributed by atoms with van der Waals surface area (Å²) in [4.78, 5) is 18.6. The Balaban J connectivity index is 1.27. The molecule has 5 rings (SSSR count). The van der Waals surface area contributed by atoms with Crippen molar-refractivity contribution in [2.24, 2.45) is 0 Å². The zero-order chi connectivity index (χ0) is 34.0. The number of nitrogens with one attached hydrogen (secondary N) is 2. The number of hydrogen-bond donors (Lipinski definition) is 2. The number of methoxy groups -OCH3 is 2. The smallest absolute Gasteiger partial charge is 0.322 e. The quantitative estimate of drug-likeness (QED) is 0.153. The van der Waals surface area contributed by atoms with E-state index in [2.05, 4.69) is 21.7 Å². The Labute approximate surface area is 277 Å². The summed E-state index contributed by atoms with van der Waals surface area (Å²) in [6.07, 6.45) is 2.46. The standard InChI is InChI=1S/C35H37F2N5O6/c1-22-17-24(7-8-30(22)48-25-9-11-42(12-10-25)35(43)41-34-27(36)5-4-6-28(34)37)40-33-23(20-38)21-39-29-19-32(47-16-14-45-3)31(18-26(29)33)46-15-13-44-2/h4-8,17-19,21,25H,9-16H2,1-3H3,(H,39,40)(H,41,43). The molecule has 1 aromatic heterocycles. The molecule has 4 aromatic rings. The lowest BCUT2D eigenvalue weighted by atomic mass is 10.1. The van der Waals surface area contributed by atoms with Crippen molar-refractivity contribution in [2.75, 3.05) is 64.4 Å². The number of rotatable bonds is 13. The Morgan fingerprint density at radius 2 is 1.60 bits per heavy atom. The molecule has 2 N–H and O–H groups in total. The highest BCUT2D eigenvalue weighted by Gasteiger charge is 2.26. The maximum absolute atomic E-state index is 14.0. The molecule has 252 valence electrons. The number of ether oxygens (including phenoxy) is 5. The summed E-state index contributed by atoms with van der Waals surface area (Å²) in [5, 5.41) is 16.3. The first kappa shape index (κ1) is 34.2. The van der Waals surface area contributed by atoms with Crippen molar-refractivity contribution >= 4 is 34.0 Å². The maximum atomic E-state index is 14.0. The largest absolute Gasteiger partial charge is 0.490 e. The molecule has 0 saturated carbocycles. The lowest BCUT2D eigenvalue weighted by Gasteiger charge is -2.32. The van der Waals surface area contributed by atoms with E-state index < -0.39 is 23.4 Å². The zero-order valence-corrected chi connectivity index (χ0v) is 27.0. The molecule has 3 aromatic carbocycles. The molecule has 1 saturated heterocycles. The molecule has 11 nitrogen and oxygen atoms in total. The minimum absolute atomic E-state index is 0.150. The number of pyridine rings is 1. The summed E-state index contributed by atoms with van der Waals surface area (Å²) in [5.41, 5.74) is 2.67. The van der Waals surface area contributed by atoms with Crippen molar-refractivity contribution in [1.29, 1.82) is 5.26 Å². The van der Waals surface area contributed by atoms with Gasteiger partial charge in [0.05, 0.1) is 30.0 Å². The minimum Gasteiger partial charge on any atom is -0.490 e. The number of carbonyl (C=O) groups is 1. The number of amides is 2. The number of nitriles is 1. The monoisotopic (exact) mass is 661 g/mol. The maximum Gasteiger partial charge on any atom is 0.322 e. The molecule has 0 atom stereocenters. The predicted molar refractivity (Wildman–Crippen MR) is 176 cm³/mol. The van der Waals surface area contributed by atoms with Crippen molar-refractivity contribution in [2.45, 2.75) is 25.9 Å². The number of urea groups is 1. The Morgan fingerprint density at radius 3 is 2.23 bits per heavy atom. The average Bonchev–Trinajstić information content (AvgIpc) is 3.08. The van der Waals surface area contributed by atoms with Crippen LogP contribution in [0, 0.1) is 29.9 Å². The molecule has 1 fully saturated rings. The zero-order valence-electron chi connectivity index (χ0n) is 27.0. The fourth-order valence-corrected chi connectivity index (χ4v) is 5.28. The van der Waals surface area contributed by atoms with Crippen LogP contribution < -0.4 is 24.8 Å². The highest BCUT2D eigenvalue weighted by Crippen LogP contribution is 2.38. The van der Waals surface area contributed by atoms with Crippen LogP contribution in [-0.4, -0.2) is 75.8 Å². The van der Waals surface area contributed by atoms with Crippen molar-refractivity contribution in [3.05, 3.63) is 77.5 Å². The first-order valence-corrected chi connectivity index (χ1v) is 15.5. The van der Waals surface area contributed by atoms with Gasteiger partial charge < -0.3 is 39.2 Å². The van der Waals surface area contributed by atoms with E-state index in [0.29, 0.717) is 91.8 Å². The van der Waals surface area contributed by atoms with Crippen molar-refractivity contribution in [1.82, 2.24) is 9.88 Å². The molecule has 0 unspecified atom stereocenters. The van der Waals surface area contributed by atoms with Gasteiger partial charge in [-0.2, -0.15) is 5.26 Å². The van der Waals surface area contributed by atoms with Crippen LogP contribution in [0.15, 0.2) is 54.7 Å². The molecule has 0 spiro atoms. The Kier molecular flexibility index (Phi) is 11.4. The number of carbonyl (C=O) groups excluding carboxylic acids is 1. The van der Waals surface area contributed by atoms with E-state index in [9.17, 15) is 18.8 Å². The van der Waals surface area contributed by atoms with E-state index in [0.717, 1.165) is 23.4 Å². The van der Waals surface area contributed by atoms with Crippen molar-refractivity contribution < 1.29 is 37.3 Å². The molecule has 1 aliphatic rings. The lowest BCUT2D eigenvalue weighted by molar-refractivity contribution is 0.115. The highest BCUT2D eigenvalue weighted by atomic mass is 19.1. The molecular formula is C35H37F2N5O6. The highest BCUT2D eigenvalue weighted by molar-refractivity contribution is 5.97. The summed E-state index contributed by atoms with van der Waals surface area (Å²) in [6.45, 7) is 4.07. The van der Waals surface area contributed by atoms with E-state index in [1.54, 1.807) is 26.4 Å². The molecule has 48 heavy (non-hydrogen) atoms. The number of anilines is 3. The second-order valence-corrected chi connectivity index (χ2v) is 11.1. The van der Waals surface area contributed by atoms with Gasteiger partial charge in [0.25, 0.3) is 0 Å². The van der Waals surface area contributed by atoms with Gasteiger partial charge in [0.1, 0.15) is 48.5 Å². The predicted octanol–water partition coefficient (Wildman–Crippen LogP) is 6.56. The topological polar surface area (TPSA) is 127 Å². The summed E-state index contributed by atoms with van der Waals surface area (Å²) in [7, 11) is 3.19. The number of piperidine rings is 1. The van der Waals surface area contributed by atoms with Gasteiger partial charge in [-0.3, -0.25) is 4.98 Å². The Hall–Kier alpha value is -5.19. The van der Waals surface area contributed by atoms with Crippen LogP contribution in [0.25, 0.3) is 10.9 Å².